The van der Waals surface area contributed by atoms with E-state index >= 15 is 0 Å². The summed E-state index contributed by atoms with van der Waals surface area (Å²) < 4.78 is 12.5. The van der Waals surface area contributed by atoms with E-state index in [1.807, 2.05) is 42.0 Å². The van der Waals surface area contributed by atoms with Crippen molar-refractivity contribution in [2.24, 2.45) is 5.92 Å². The first kappa shape index (κ1) is 23.5. The molecular formula is C25H32N6O3. The maximum atomic E-state index is 12.8. The van der Waals surface area contributed by atoms with Gasteiger partial charge in [0.2, 0.25) is 11.9 Å². The lowest BCUT2D eigenvalue weighted by atomic mass is 10.0. The number of hydrogen-bond donors (Lipinski definition) is 1. The van der Waals surface area contributed by atoms with Crippen LogP contribution in [0.15, 0.2) is 43.0 Å². The number of ether oxygens (including phenoxy) is 2. The van der Waals surface area contributed by atoms with E-state index in [-0.39, 0.29) is 17.9 Å². The lowest BCUT2D eigenvalue weighted by Gasteiger charge is -2.20. The molecule has 34 heavy (non-hydrogen) atoms. The molecular weight excluding hydrogens is 432 g/mol. The third kappa shape index (κ3) is 5.30. The molecule has 3 aromatic rings. The zero-order valence-electron chi connectivity index (χ0n) is 20.2. The Balaban J connectivity index is 1.37. The van der Waals surface area contributed by atoms with E-state index < -0.39 is 0 Å². The van der Waals surface area contributed by atoms with Gasteiger partial charge in [0.05, 0.1) is 20.3 Å². The molecule has 2 unspecified atom stereocenters. The summed E-state index contributed by atoms with van der Waals surface area (Å²) in [6.45, 7) is 5.72. The molecule has 1 aliphatic heterocycles. The first-order valence-corrected chi connectivity index (χ1v) is 11.6. The predicted molar refractivity (Wildman–Crippen MR) is 130 cm³/mol. The number of amides is 1. The third-order valence-electron chi connectivity index (χ3n) is 6.22. The molecule has 1 fully saturated rings. The number of carbonyl (C=O) groups is 1. The fourth-order valence-electron chi connectivity index (χ4n) is 4.28. The van der Waals surface area contributed by atoms with Gasteiger partial charge in [-0.3, -0.25) is 9.36 Å². The molecule has 1 N–H and O–H groups in total. The van der Waals surface area contributed by atoms with Crippen molar-refractivity contribution in [3.05, 3.63) is 54.2 Å². The molecule has 0 aliphatic carbocycles. The van der Waals surface area contributed by atoms with Crippen LogP contribution < -0.4 is 19.7 Å². The molecule has 3 heterocycles. The number of imidazole rings is 1. The number of nitrogens with one attached hydrogen (secondary N) is 1. The average molecular weight is 465 g/mol. The Kier molecular flexibility index (Phi) is 7.30. The Labute approximate surface area is 200 Å². The monoisotopic (exact) mass is 464 g/mol. The number of anilines is 1. The van der Waals surface area contributed by atoms with Gasteiger partial charge in [0.15, 0.2) is 11.5 Å². The van der Waals surface area contributed by atoms with Crippen LogP contribution >= 0.6 is 0 Å². The van der Waals surface area contributed by atoms with Gasteiger partial charge < -0.3 is 19.7 Å². The summed E-state index contributed by atoms with van der Waals surface area (Å²) in [5.41, 5.74) is 1.96. The van der Waals surface area contributed by atoms with Gasteiger partial charge in [-0.2, -0.15) is 4.98 Å². The van der Waals surface area contributed by atoms with E-state index in [0.717, 1.165) is 43.0 Å². The van der Waals surface area contributed by atoms with Gasteiger partial charge >= 0.3 is 0 Å². The van der Waals surface area contributed by atoms with Crippen molar-refractivity contribution < 1.29 is 14.3 Å². The Morgan fingerprint density at radius 2 is 2.03 bits per heavy atom. The van der Waals surface area contributed by atoms with Crippen molar-refractivity contribution in [1.29, 1.82) is 0 Å². The van der Waals surface area contributed by atoms with Crippen LogP contribution in [0.3, 0.4) is 0 Å². The van der Waals surface area contributed by atoms with Crippen LogP contribution in [-0.2, 0) is 11.2 Å². The lowest BCUT2D eigenvalue weighted by molar-refractivity contribution is -0.122. The lowest BCUT2D eigenvalue weighted by Crippen LogP contribution is -2.29. The molecule has 0 spiro atoms. The SMILES string of the molecule is CCc1cc(N2CCC(CC(=O)NC(C)c3ccc(OC)c(OC)c3)C2)nc(-n2ccnc2)n1. The number of rotatable bonds is 9. The number of aromatic nitrogens is 4. The Morgan fingerprint density at radius 3 is 2.74 bits per heavy atom. The largest absolute Gasteiger partial charge is 0.493 e. The van der Waals surface area contributed by atoms with E-state index in [9.17, 15) is 4.79 Å². The fraction of sp³-hybridized carbons (Fsp3) is 0.440. The van der Waals surface area contributed by atoms with Crippen LogP contribution in [0, 0.1) is 5.92 Å². The number of nitrogens with zero attached hydrogens (tertiary/aromatic N) is 5. The van der Waals surface area contributed by atoms with Crippen molar-refractivity contribution in [2.75, 3.05) is 32.2 Å². The first-order chi connectivity index (χ1) is 16.5. The quantitative estimate of drug-likeness (QED) is 0.519. The highest BCUT2D eigenvalue weighted by atomic mass is 16.5. The molecule has 1 amide bonds. The van der Waals surface area contributed by atoms with Gasteiger partial charge in [-0.25, -0.2) is 9.97 Å². The molecule has 4 rings (SSSR count). The minimum atomic E-state index is -0.128. The standard InChI is InChI=1S/C25H32N6O3/c1-5-20-14-23(29-25(28-20)31-11-9-26-16-31)30-10-8-18(15-30)12-24(32)27-17(2)19-6-7-21(33-3)22(13-19)34-4/h6-7,9,11,13-14,16-18H,5,8,10,12,15H2,1-4H3,(H,27,32). The topological polar surface area (TPSA) is 94.4 Å². The number of carbonyl (C=O) groups excluding carboxylic acids is 1. The summed E-state index contributed by atoms with van der Waals surface area (Å²) in [4.78, 5) is 28.5. The van der Waals surface area contributed by atoms with Crippen molar-refractivity contribution in [2.45, 2.75) is 39.2 Å². The van der Waals surface area contributed by atoms with Crippen LogP contribution in [0.5, 0.6) is 11.5 Å². The summed E-state index contributed by atoms with van der Waals surface area (Å²) in [5.74, 6) is 3.16. The van der Waals surface area contributed by atoms with E-state index in [1.54, 1.807) is 26.7 Å². The molecule has 2 aromatic heterocycles. The summed E-state index contributed by atoms with van der Waals surface area (Å²) in [5, 5.41) is 3.12. The predicted octanol–water partition coefficient (Wildman–Crippen LogP) is 3.34. The summed E-state index contributed by atoms with van der Waals surface area (Å²) in [6, 6.07) is 7.62. The highest BCUT2D eigenvalue weighted by molar-refractivity contribution is 5.77. The molecule has 2 atom stereocenters. The second-order valence-corrected chi connectivity index (χ2v) is 8.55. The Bertz CT molecular complexity index is 1120. The maximum Gasteiger partial charge on any atom is 0.237 e. The van der Waals surface area contributed by atoms with Crippen molar-refractivity contribution in [3.63, 3.8) is 0 Å². The summed E-state index contributed by atoms with van der Waals surface area (Å²) in [6.07, 6.45) is 7.52. The zero-order chi connectivity index (χ0) is 24.1. The van der Waals surface area contributed by atoms with Gasteiger partial charge in [-0.15, -0.1) is 0 Å². The Morgan fingerprint density at radius 1 is 1.21 bits per heavy atom. The molecule has 9 nitrogen and oxygen atoms in total. The zero-order valence-corrected chi connectivity index (χ0v) is 20.2. The van der Waals surface area contributed by atoms with Gasteiger partial charge in [0, 0.05) is 43.7 Å². The van der Waals surface area contributed by atoms with Crippen molar-refractivity contribution in [1.82, 2.24) is 24.8 Å². The normalized spacial score (nSPS) is 16.4. The molecule has 1 aliphatic rings. The third-order valence-corrected chi connectivity index (χ3v) is 6.22. The molecule has 180 valence electrons. The van der Waals surface area contributed by atoms with Crippen LogP contribution in [0.25, 0.3) is 5.95 Å². The highest BCUT2D eigenvalue weighted by Gasteiger charge is 2.27. The van der Waals surface area contributed by atoms with Crippen LogP contribution in [0.4, 0.5) is 5.82 Å². The highest BCUT2D eigenvalue weighted by Crippen LogP contribution is 2.30. The molecule has 9 heteroatoms. The van der Waals surface area contributed by atoms with Gasteiger partial charge in [-0.1, -0.05) is 13.0 Å². The summed E-state index contributed by atoms with van der Waals surface area (Å²) >= 11 is 0. The molecule has 1 saturated heterocycles. The van der Waals surface area contributed by atoms with Gasteiger partial charge in [0.25, 0.3) is 0 Å². The first-order valence-electron chi connectivity index (χ1n) is 11.6. The van der Waals surface area contributed by atoms with E-state index in [0.29, 0.717) is 23.9 Å². The number of methoxy groups -OCH3 is 2. The van der Waals surface area contributed by atoms with Crippen LogP contribution in [0.2, 0.25) is 0 Å². The minimum Gasteiger partial charge on any atom is -0.493 e. The Hall–Kier alpha value is -3.62. The number of benzene rings is 1. The van der Waals surface area contributed by atoms with Crippen LogP contribution in [0.1, 0.15) is 44.0 Å². The van der Waals surface area contributed by atoms with Crippen LogP contribution in [-0.4, -0.2) is 52.7 Å². The average Bonchev–Trinajstić information content (AvgIpc) is 3.56. The number of aryl methyl sites for hydroxylation is 1. The second-order valence-electron chi connectivity index (χ2n) is 8.55. The second kappa shape index (κ2) is 10.5. The summed E-state index contributed by atoms with van der Waals surface area (Å²) in [7, 11) is 3.22. The van der Waals surface area contributed by atoms with Gasteiger partial charge in [-0.05, 0) is 43.4 Å². The maximum absolute atomic E-state index is 12.8. The molecule has 1 aromatic carbocycles. The van der Waals surface area contributed by atoms with E-state index in [1.165, 1.54) is 0 Å². The van der Waals surface area contributed by atoms with Crippen molar-refractivity contribution >= 4 is 11.7 Å². The molecule has 0 radical (unpaired) electrons. The van der Waals surface area contributed by atoms with Gasteiger partial charge in [0.1, 0.15) is 12.1 Å². The fourth-order valence-corrected chi connectivity index (χ4v) is 4.28. The molecule has 0 bridgehead atoms. The smallest absolute Gasteiger partial charge is 0.237 e. The van der Waals surface area contributed by atoms with Crippen molar-refractivity contribution in [3.8, 4) is 17.4 Å². The number of hydrogen-bond acceptors (Lipinski definition) is 7. The minimum absolute atomic E-state index is 0.0465. The molecule has 0 saturated carbocycles. The van der Waals surface area contributed by atoms with E-state index in [4.69, 9.17) is 14.5 Å². The van der Waals surface area contributed by atoms with E-state index in [2.05, 4.69) is 27.1 Å².